The summed E-state index contributed by atoms with van der Waals surface area (Å²) < 4.78 is 0. The molecule has 15 heavy (non-hydrogen) atoms. The van der Waals surface area contributed by atoms with Crippen LogP contribution < -0.4 is 5.32 Å². The summed E-state index contributed by atoms with van der Waals surface area (Å²) in [4.78, 5) is 4.25. The van der Waals surface area contributed by atoms with E-state index in [4.69, 9.17) is 0 Å². The van der Waals surface area contributed by atoms with Crippen LogP contribution in [0.3, 0.4) is 0 Å². The highest BCUT2D eigenvalue weighted by molar-refractivity contribution is 6.03. The van der Waals surface area contributed by atoms with Crippen LogP contribution in [-0.2, 0) is 0 Å². The molecule has 1 N–H and O–H groups in total. The van der Waals surface area contributed by atoms with Crippen molar-refractivity contribution in [3.05, 3.63) is 48.2 Å². The van der Waals surface area contributed by atoms with E-state index in [2.05, 4.69) is 46.7 Å². The molecule has 2 heterocycles. The number of nitrogens with one attached hydrogen (secondary N) is 1. The van der Waals surface area contributed by atoms with Gasteiger partial charge in [-0.15, -0.1) is 0 Å². The van der Waals surface area contributed by atoms with Crippen molar-refractivity contribution >= 4 is 5.71 Å². The minimum absolute atomic E-state index is 0.472. The minimum Gasteiger partial charge on any atom is -0.308 e. The fourth-order valence-corrected chi connectivity index (χ4v) is 2.31. The normalized spacial score (nSPS) is 28.7. The standard InChI is InChI=1S/C13H14N2/c1-2-4-10(5-3-1)11-8-13(15-9-11)12-6-7-14-12/h1-7,11,13,15H,8-9H2. The minimum atomic E-state index is 0.472. The van der Waals surface area contributed by atoms with Gasteiger partial charge >= 0.3 is 0 Å². The lowest BCUT2D eigenvalue weighted by atomic mass is 9.94. The van der Waals surface area contributed by atoms with E-state index in [1.165, 1.54) is 17.7 Å². The van der Waals surface area contributed by atoms with E-state index in [9.17, 15) is 0 Å². The zero-order chi connectivity index (χ0) is 10.1. The summed E-state index contributed by atoms with van der Waals surface area (Å²) in [5.41, 5.74) is 2.66. The Morgan fingerprint density at radius 1 is 1.20 bits per heavy atom. The lowest BCUT2D eigenvalue weighted by molar-refractivity contribution is 0.752. The smallest absolute Gasteiger partial charge is 0.0588 e. The molecule has 0 saturated carbocycles. The molecular weight excluding hydrogens is 184 g/mol. The van der Waals surface area contributed by atoms with Crippen LogP contribution in [0.25, 0.3) is 0 Å². The third kappa shape index (κ3) is 1.61. The first-order chi connectivity index (χ1) is 7.43. The molecule has 2 nitrogen and oxygen atoms in total. The predicted molar refractivity (Wildman–Crippen MR) is 62.2 cm³/mol. The van der Waals surface area contributed by atoms with E-state index < -0.39 is 0 Å². The average molecular weight is 198 g/mol. The molecule has 0 aliphatic carbocycles. The van der Waals surface area contributed by atoms with Gasteiger partial charge in [0.2, 0.25) is 0 Å². The molecule has 1 aromatic rings. The Bertz CT molecular complexity index is 406. The maximum atomic E-state index is 4.25. The average Bonchev–Trinajstić information content (AvgIpc) is 2.66. The maximum Gasteiger partial charge on any atom is 0.0588 e. The highest BCUT2D eigenvalue weighted by Crippen LogP contribution is 2.27. The second-order valence-corrected chi connectivity index (χ2v) is 4.17. The molecule has 1 saturated heterocycles. The number of hydrogen-bond donors (Lipinski definition) is 1. The highest BCUT2D eigenvalue weighted by Gasteiger charge is 2.28. The summed E-state index contributed by atoms with van der Waals surface area (Å²) in [6.45, 7) is 1.07. The van der Waals surface area contributed by atoms with Crippen LogP contribution in [-0.4, -0.2) is 18.3 Å². The van der Waals surface area contributed by atoms with Gasteiger partial charge in [0.25, 0.3) is 0 Å². The van der Waals surface area contributed by atoms with Gasteiger partial charge in [-0.25, -0.2) is 0 Å². The molecule has 76 valence electrons. The van der Waals surface area contributed by atoms with Crippen LogP contribution in [0.5, 0.6) is 0 Å². The quantitative estimate of drug-likeness (QED) is 0.773. The molecular formula is C13H14N2. The van der Waals surface area contributed by atoms with Gasteiger partial charge < -0.3 is 5.32 Å². The molecule has 2 unspecified atom stereocenters. The first-order valence-electron chi connectivity index (χ1n) is 5.46. The fraction of sp³-hybridized carbons (Fsp3) is 0.308. The second-order valence-electron chi connectivity index (χ2n) is 4.17. The summed E-state index contributed by atoms with van der Waals surface area (Å²) in [5, 5.41) is 3.53. The van der Waals surface area contributed by atoms with Crippen molar-refractivity contribution in [3.63, 3.8) is 0 Å². The number of hydrogen-bond acceptors (Lipinski definition) is 2. The van der Waals surface area contributed by atoms with Crippen LogP contribution in [0.15, 0.2) is 47.6 Å². The van der Waals surface area contributed by atoms with E-state index in [1.807, 2.05) is 6.20 Å². The lowest BCUT2D eigenvalue weighted by Gasteiger charge is -2.14. The molecule has 1 aromatic carbocycles. The molecule has 2 heteroatoms. The van der Waals surface area contributed by atoms with Crippen molar-refractivity contribution in [1.82, 2.24) is 5.32 Å². The first kappa shape index (κ1) is 8.86. The van der Waals surface area contributed by atoms with Gasteiger partial charge in [-0.3, -0.25) is 4.99 Å². The van der Waals surface area contributed by atoms with Gasteiger partial charge in [0.05, 0.1) is 11.8 Å². The number of rotatable bonds is 2. The van der Waals surface area contributed by atoms with Gasteiger partial charge in [-0.2, -0.15) is 0 Å². The Kier molecular flexibility index (Phi) is 2.14. The summed E-state index contributed by atoms with van der Waals surface area (Å²) in [6, 6.07) is 11.2. The zero-order valence-corrected chi connectivity index (χ0v) is 8.56. The summed E-state index contributed by atoms with van der Waals surface area (Å²) in [7, 11) is 0. The van der Waals surface area contributed by atoms with Crippen LogP contribution in [0.2, 0.25) is 0 Å². The Labute approximate surface area is 89.7 Å². The van der Waals surface area contributed by atoms with Crippen molar-refractivity contribution in [3.8, 4) is 0 Å². The first-order valence-corrected chi connectivity index (χ1v) is 5.46. The summed E-state index contributed by atoms with van der Waals surface area (Å²) >= 11 is 0. The number of benzene rings is 1. The van der Waals surface area contributed by atoms with E-state index >= 15 is 0 Å². The molecule has 0 aromatic heterocycles. The molecule has 0 bridgehead atoms. The fourth-order valence-electron chi connectivity index (χ4n) is 2.31. The van der Waals surface area contributed by atoms with Crippen molar-refractivity contribution < 1.29 is 0 Å². The summed E-state index contributed by atoms with van der Waals surface area (Å²) in [6.07, 6.45) is 5.14. The molecule has 1 fully saturated rings. The monoisotopic (exact) mass is 198 g/mol. The Morgan fingerprint density at radius 3 is 2.67 bits per heavy atom. The third-order valence-electron chi connectivity index (χ3n) is 3.23. The van der Waals surface area contributed by atoms with Crippen LogP contribution in [0, 0.1) is 0 Å². The molecule has 0 amide bonds. The SMILES string of the molecule is C1=CC(C2CC(c3ccccc3)CN2)=N1. The number of nitrogens with zero attached hydrogens (tertiary/aromatic N) is 1. The molecule has 2 aliphatic rings. The molecule has 2 atom stereocenters. The third-order valence-corrected chi connectivity index (χ3v) is 3.23. The molecule has 2 aliphatic heterocycles. The van der Waals surface area contributed by atoms with Gasteiger partial charge in [0.1, 0.15) is 0 Å². The van der Waals surface area contributed by atoms with Gasteiger partial charge in [0.15, 0.2) is 0 Å². The van der Waals surface area contributed by atoms with Crippen LogP contribution >= 0.6 is 0 Å². The van der Waals surface area contributed by atoms with E-state index in [-0.39, 0.29) is 0 Å². The Balaban J connectivity index is 1.71. The van der Waals surface area contributed by atoms with E-state index in [1.54, 1.807) is 0 Å². The molecule has 3 rings (SSSR count). The second kappa shape index (κ2) is 3.63. The Hall–Kier alpha value is -1.41. The topological polar surface area (TPSA) is 24.4 Å². The number of aliphatic imine (C=N–C) groups is 1. The van der Waals surface area contributed by atoms with Crippen molar-refractivity contribution in [2.45, 2.75) is 18.4 Å². The summed E-state index contributed by atoms with van der Waals surface area (Å²) in [5.74, 6) is 0.646. The lowest BCUT2D eigenvalue weighted by Crippen LogP contribution is -2.31. The zero-order valence-electron chi connectivity index (χ0n) is 8.56. The van der Waals surface area contributed by atoms with E-state index in [0.29, 0.717) is 12.0 Å². The largest absolute Gasteiger partial charge is 0.308 e. The van der Waals surface area contributed by atoms with Gasteiger partial charge in [-0.05, 0) is 24.0 Å². The van der Waals surface area contributed by atoms with Crippen LogP contribution in [0.1, 0.15) is 17.9 Å². The van der Waals surface area contributed by atoms with Crippen molar-refractivity contribution in [1.29, 1.82) is 0 Å². The Morgan fingerprint density at radius 2 is 2.00 bits per heavy atom. The predicted octanol–water partition coefficient (Wildman–Crippen LogP) is 2.10. The van der Waals surface area contributed by atoms with Crippen molar-refractivity contribution in [2.24, 2.45) is 4.99 Å². The van der Waals surface area contributed by atoms with Gasteiger partial charge in [0, 0.05) is 12.7 Å². The molecule has 0 radical (unpaired) electrons. The van der Waals surface area contributed by atoms with Crippen molar-refractivity contribution in [2.75, 3.05) is 6.54 Å². The van der Waals surface area contributed by atoms with Gasteiger partial charge in [-0.1, -0.05) is 30.3 Å². The van der Waals surface area contributed by atoms with E-state index in [0.717, 1.165) is 6.54 Å². The van der Waals surface area contributed by atoms with Crippen LogP contribution in [0.4, 0.5) is 0 Å². The molecule has 0 spiro atoms. The maximum absolute atomic E-state index is 4.25. The highest BCUT2D eigenvalue weighted by atomic mass is 15.0.